The van der Waals surface area contributed by atoms with E-state index >= 15 is 0 Å². The molecule has 0 amide bonds. The molecule has 0 saturated carbocycles. The quantitative estimate of drug-likeness (QED) is 0.831. The van der Waals surface area contributed by atoms with E-state index in [1.54, 1.807) is 7.11 Å². The first-order valence-electron chi connectivity index (χ1n) is 6.37. The van der Waals surface area contributed by atoms with Gasteiger partial charge in [0.1, 0.15) is 12.4 Å². The molecule has 0 aromatic heterocycles. The second-order valence-electron chi connectivity index (χ2n) is 5.69. The number of ether oxygens (including phenoxy) is 2. The van der Waals surface area contributed by atoms with Crippen molar-refractivity contribution in [3.05, 3.63) is 29.8 Å². The standard InChI is InChI=1S/C15H23NO3/c1-15(2,3)13(16)9-14(17)19-10-11-5-7-12(18-4)8-6-11/h5-8,13H,9-10,16H2,1-4H3. The number of methoxy groups -OCH3 is 1. The average Bonchev–Trinajstić information content (AvgIpc) is 2.35. The summed E-state index contributed by atoms with van der Waals surface area (Å²) in [5, 5.41) is 0. The molecule has 1 unspecified atom stereocenters. The zero-order valence-corrected chi connectivity index (χ0v) is 12.1. The van der Waals surface area contributed by atoms with Crippen molar-refractivity contribution >= 4 is 5.97 Å². The largest absolute Gasteiger partial charge is 0.497 e. The third-order valence-electron chi connectivity index (χ3n) is 3.06. The van der Waals surface area contributed by atoms with Crippen LogP contribution in [-0.4, -0.2) is 19.1 Å². The van der Waals surface area contributed by atoms with Crippen LogP contribution in [0.15, 0.2) is 24.3 Å². The van der Waals surface area contributed by atoms with Crippen LogP contribution in [0, 0.1) is 5.41 Å². The van der Waals surface area contributed by atoms with Crippen LogP contribution >= 0.6 is 0 Å². The topological polar surface area (TPSA) is 61.5 Å². The molecular formula is C15H23NO3. The van der Waals surface area contributed by atoms with Gasteiger partial charge in [0.05, 0.1) is 13.5 Å². The number of benzene rings is 1. The van der Waals surface area contributed by atoms with E-state index in [1.807, 2.05) is 45.0 Å². The summed E-state index contributed by atoms with van der Waals surface area (Å²) in [6.07, 6.45) is 0.236. The summed E-state index contributed by atoms with van der Waals surface area (Å²) in [5.74, 6) is 0.517. The van der Waals surface area contributed by atoms with E-state index in [1.165, 1.54) is 0 Å². The maximum Gasteiger partial charge on any atom is 0.307 e. The molecule has 19 heavy (non-hydrogen) atoms. The van der Waals surface area contributed by atoms with Crippen molar-refractivity contribution in [1.82, 2.24) is 0 Å². The molecule has 0 radical (unpaired) electrons. The number of esters is 1. The molecule has 0 saturated heterocycles. The molecule has 0 aliphatic carbocycles. The maximum absolute atomic E-state index is 11.7. The SMILES string of the molecule is COc1ccc(COC(=O)CC(N)C(C)(C)C)cc1. The summed E-state index contributed by atoms with van der Waals surface area (Å²) >= 11 is 0. The van der Waals surface area contributed by atoms with E-state index in [4.69, 9.17) is 15.2 Å². The molecule has 4 heteroatoms. The Bertz CT molecular complexity index is 406. The Kier molecular flexibility index (Phi) is 5.36. The second kappa shape index (κ2) is 6.57. The molecule has 2 N–H and O–H groups in total. The van der Waals surface area contributed by atoms with Crippen LogP contribution < -0.4 is 10.5 Å². The molecule has 0 spiro atoms. The summed E-state index contributed by atoms with van der Waals surface area (Å²) in [7, 11) is 1.61. The normalized spacial score (nSPS) is 12.9. The molecule has 1 aromatic carbocycles. The lowest BCUT2D eigenvalue weighted by atomic mass is 9.85. The highest BCUT2D eigenvalue weighted by molar-refractivity contribution is 5.70. The van der Waals surface area contributed by atoms with Gasteiger partial charge in [0.25, 0.3) is 0 Å². The highest BCUT2D eigenvalue weighted by Crippen LogP contribution is 2.20. The lowest BCUT2D eigenvalue weighted by Crippen LogP contribution is -2.37. The molecule has 106 valence electrons. The Morgan fingerprint density at radius 1 is 1.26 bits per heavy atom. The van der Waals surface area contributed by atoms with E-state index in [-0.39, 0.29) is 30.5 Å². The maximum atomic E-state index is 11.7. The summed E-state index contributed by atoms with van der Waals surface area (Å²) in [6, 6.07) is 7.22. The van der Waals surface area contributed by atoms with E-state index in [0.29, 0.717) is 0 Å². The summed E-state index contributed by atoms with van der Waals surface area (Å²) in [4.78, 5) is 11.7. The van der Waals surface area contributed by atoms with Gasteiger partial charge in [-0.15, -0.1) is 0 Å². The van der Waals surface area contributed by atoms with E-state index < -0.39 is 0 Å². The molecule has 0 aliphatic rings. The van der Waals surface area contributed by atoms with Gasteiger partial charge in [0.2, 0.25) is 0 Å². The zero-order chi connectivity index (χ0) is 14.5. The number of rotatable bonds is 5. The van der Waals surface area contributed by atoms with E-state index in [0.717, 1.165) is 11.3 Å². The minimum atomic E-state index is -0.266. The Hall–Kier alpha value is -1.55. The van der Waals surface area contributed by atoms with Crippen LogP contribution in [0.4, 0.5) is 0 Å². The number of hydrogen-bond acceptors (Lipinski definition) is 4. The van der Waals surface area contributed by atoms with Crippen molar-refractivity contribution in [1.29, 1.82) is 0 Å². The fourth-order valence-electron chi connectivity index (χ4n) is 1.43. The van der Waals surface area contributed by atoms with Gasteiger partial charge in [0.15, 0.2) is 0 Å². The highest BCUT2D eigenvalue weighted by atomic mass is 16.5. The fraction of sp³-hybridized carbons (Fsp3) is 0.533. The monoisotopic (exact) mass is 265 g/mol. The van der Waals surface area contributed by atoms with Gasteiger partial charge in [-0.2, -0.15) is 0 Å². The van der Waals surface area contributed by atoms with Crippen molar-refractivity contribution in [2.75, 3.05) is 7.11 Å². The van der Waals surface area contributed by atoms with Gasteiger partial charge in [-0.05, 0) is 23.1 Å². The molecular weight excluding hydrogens is 242 g/mol. The first-order valence-corrected chi connectivity index (χ1v) is 6.37. The number of nitrogens with two attached hydrogens (primary N) is 1. The van der Waals surface area contributed by atoms with Crippen LogP contribution in [0.5, 0.6) is 5.75 Å². The van der Waals surface area contributed by atoms with Gasteiger partial charge < -0.3 is 15.2 Å². The predicted octanol–water partition coefficient (Wildman–Crippen LogP) is 2.50. The smallest absolute Gasteiger partial charge is 0.307 e. The molecule has 0 heterocycles. The minimum Gasteiger partial charge on any atom is -0.497 e. The number of carbonyl (C=O) groups excluding carboxylic acids is 1. The number of carbonyl (C=O) groups is 1. The van der Waals surface area contributed by atoms with Crippen LogP contribution in [0.25, 0.3) is 0 Å². The van der Waals surface area contributed by atoms with Crippen LogP contribution in [0.2, 0.25) is 0 Å². The van der Waals surface area contributed by atoms with Crippen LogP contribution in [0.1, 0.15) is 32.8 Å². The summed E-state index contributed by atoms with van der Waals surface area (Å²) in [5.41, 5.74) is 6.77. The molecule has 1 atom stereocenters. The van der Waals surface area contributed by atoms with Gasteiger partial charge in [-0.25, -0.2) is 0 Å². The molecule has 4 nitrogen and oxygen atoms in total. The summed E-state index contributed by atoms with van der Waals surface area (Å²) < 4.78 is 10.3. The van der Waals surface area contributed by atoms with Crippen molar-refractivity contribution in [2.24, 2.45) is 11.1 Å². The highest BCUT2D eigenvalue weighted by Gasteiger charge is 2.23. The van der Waals surface area contributed by atoms with Crippen molar-refractivity contribution in [2.45, 2.75) is 39.8 Å². The first-order chi connectivity index (χ1) is 8.82. The van der Waals surface area contributed by atoms with E-state index in [2.05, 4.69) is 0 Å². The van der Waals surface area contributed by atoms with Gasteiger partial charge in [-0.3, -0.25) is 4.79 Å². The Morgan fingerprint density at radius 3 is 2.32 bits per heavy atom. The van der Waals surface area contributed by atoms with Gasteiger partial charge >= 0.3 is 5.97 Å². The molecule has 1 rings (SSSR count). The zero-order valence-electron chi connectivity index (χ0n) is 12.1. The second-order valence-corrected chi connectivity index (χ2v) is 5.69. The number of hydrogen-bond donors (Lipinski definition) is 1. The molecule has 0 bridgehead atoms. The third kappa shape index (κ3) is 5.30. The van der Waals surface area contributed by atoms with E-state index in [9.17, 15) is 4.79 Å². The van der Waals surface area contributed by atoms with Crippen molar-refractivity contribution < 1.29 is 14.3 Å². The Balaban J connectivity index is 2.41. The molecule has 0 aliphatic heterocycles. The lowest BCUT2D eigenvalue weighted by molar-refractivity contribution is -0.146. The van der Waals surface area contributed by atoms with Crippen molar-refractivity contribution in [3.8, 4) is 5.75 Å². The Morgan fingerprint density at radius 2 is 1.84 bits per heavy atom. The average molecular weight is 265 g/mol. The minimum absolute atomic E-state index is 0.0981. The van der Waals surface area contributed by atoms with Crippen molar-refractivity contribution in [3.63, 3.8) is 0 Å². The van der Waals surface area contributed by atoms with Gasteiger partial charge in [0, 0.05) is 6.04 Å². The Labute approximate surface area is 114 Å². The van der Waals surface area contributed by atoms with Gasteiger partial charge in [-0.1, -0.05) is 32.9 Å². The molecule has 0 fully saturated rings. The van der Waals surface area contributed by atoms with Crippen LogP contribution in [0.3, 0.4) is 0 Å². The first kappa shape index (κ1) is 15.5. The predicted molar refractivity (Wildman–Crippen MR) is 74.8 cm³/mol. The lowest BCUT2D eigenvalue weighted by Gasteiger charge is -2.26. The fourth-order valence-corrected chi connectivity index (χ4v) is 1.43. The summed E-state index contributed by atoms with van der Waals surface area (Å²) in [6.45, 7) is 6.29. The third-order valence-corrected chi connectivity index (χ3v) is 3.06. The van der Waals surface area contributed by atoms with Crippen LogP contribution in [-0.2, 0) is 16.1 Å². The molecule has 1 aromatic rings.